The first-order valence-corrected chi connectivity index (χ1v) is 7.63. The molecular formula is C18H12FN5O. The van der Waals surface area contributed by atoms with E-state index in [0.29, 0.717) is 11.5 Å². The highest BCUT2D eigenvalue weighted by Gasteiger charge is 2.40. The number of hydrogen-bond acceptors (Lipinski definition) is 4. The van der Waals surface area contributed by atoms with E-state index < -0.39 is 11.9 Å². The monoisotopic (exact) mass is 333 g/mol. The summed E-state index contributed by atoms with van der Waals surface area (Å²) < 4.78 is 13.1. The van der Waals surface area contributed by atoms with E-state index in [2.05, 4.69) is 16.0 Å². The first-order valence-electron chi connectivity index (χ1n) is 7.63. The molecule has 0 spiro atoms. The number of carbonyl (C=O) groups is 1. The Morgan fingerprint density at radius 1 is 1.16 bits per heavy atom. The van der Waals surface area contributed by atoms with Crippen LogP contribution in [0.1, 0.15) is 0 Å². The van der Waals surface area contributed by atoms with Crippen LogP contribution >= 0.6 is 0 Å². The van der Waals surface area contributed by atoms with E-state index in [1.807, 2.05) is 24.3 Å². The predicted octanol–water partition coefficient (Wildman–Crippen LogP) is 3.11. The molecule has 1 saturated heterocycles. The molecule has 3 heterocycles. The highest BCUT2D eigenvalue weighted by molar-refractivity contribution is 6.11. The van der Waals surface area contributed by atoms with E-state index in [-0.39, 0.29) is 12.6 Å². The molecular weight excluding hydrogens is 321 g/mol. The Morgan fingerprint density at radius 3 is 2.76 bits per heavy atom. The molecule has 1 aliphatic rings. The van der Waals surface area contributed by atoms with E-state index in [1.54, 1.807) is 12.4 Å². The first kappa shape index (κ1) is 15.0. The second-order valence-electron chi connectivity index (χ2n) is 5.62. The molecule has 25 heavy (non-hydrogen) atoms. The van der Waals surface area contributed by atoms with Gasteiger partial charge in [-0.05, 0) is 12.1 Å². The minimum atomic E-state index is -0.688. The third-order valence-electron chi connectivity index (χ3n) is 4.15. The van der Waals surface area contributed by atoms with Gasteiger partial charge in [0.2, 0.25) is 0 Å². The number of rotatable bonds is 2. The van der Waals surface area contributed by atoms with Gasteiger partial charge in [0.15, 0.2) is 0 Å². The fourth-order valence-corrected chi connectivity index (χ4v) is 2.98. The van der Waals surface area contributed by atoms with Crippen molar-refractivity contribution < 1.29 is 9.18 Å². The van der Waals surface area contributed by atoms with Crippen molar-refractivity contribution >= 4 is 28.3 Å². The zero-order chi connectivity index (χ0) is 17.4. The number of hydrogen-bond donors (Lipinski definition) is 0. The third kappa shape index (κ3) is 2.44. The molecule has 1 fully saturated rings. The lowest BCUT2D eigenvalue weighted by molar-refractivity contribution is 0.255. The summed E-state index contributed by atoms with van der Waals surface area (Å²) in [5.74, 6) is -0.176. The summed E-state index contributed by atoms with van der Waals surface area (Å²) in [5, 5.41) is 11.2. The normalized spacial score (nSPS) is 17.1. The van der Waals surface area contributed by atoms with Gasteiger partial charge < -0.3 is 0 Å². The Morgan fingerprint density at radius 2 is 2.00 bits per heavy atom. The molecule has 122 valence electrons. The largest absolute Gasteiger partial charge is 0.331 e. The molecule has 0 bridgehead atoms. The van der Waals surface area contributed by atoms with Crippen molar-refractivity contribution in [2.24, 2.45) is 0 Å². The molecule has 1 atom stereocenters. The maximum Gasteiger partial charge on any atom is 0.331 e. The topological polar surface area (TPSA) is 73.1 Å². The molecule has 0 radical (unpaired) electrons. The fourth-order valence-electron chi connectivity index (χ4n) is 2.98. The van der Waals surface area contributed by atoms with Gasteiger partial charge in [-0.1, -0.05) is 24.3 Å². The lowest BCUT2D eigenvalue weighted by atomic mass is 10.1. The molecule has 7 heteroatoms. The average Bonchev–Trinajstić information content (AvgIpc) is 2.98. The van der Waals surface area contributed by atoms with Crippen LogP contribution in [-0.2, 0) is 0 Å². The van der Waals surface area contributed by atoms with Crippen LogP contribution in [0.3, 0.4) is 0 Å². The van der Waals surface area contributed by atoms with Gasteiger partial charge in [0.1, 0.15) is 17.7 Å². The van der Waals surface area contributed by atoms with Gasteiger partial charge in [-0.25, -0.2) is 14.2 Å². The maximum atomic E-state index is 13.1. The number of urea groups is 1. The number of aromatic nitrogens is 2. The molecule has 2 aromatic heterocycles. The van der Waals surface area contributed by atoms with E-state index in [9.17, 15) is 14.4 Å². The summed E-state index contributed by atoms with van der Waals surface area (Å²) >= 11 is 0. The number of halogens is 1. The number of nitrogens with zero attached hydrogens (tertiary/aromatic N) is 5. The van der Waals surface area contributed by atoms with Gasteiger partial charge in [-0.3, -0.25) is 14.8 Å². The van der Waals surface area contributed by atoms with Crippen molar-refractivity contribution in [2.75, 3.05) is 16.3 Å². The van der Waals surface area contributed by atoms with E-state index in [4.69, 9.17) is 0 Å². The first-order chi connectivity index (χ1) is 12.2. The van der Waals surface area contributed by atoms with Crippen LogP contribution in [-0.4, -0.2) is 28.6 Å². The van der Waals surface area contributed by atoms with Gasteiger partial charge in [0, 0.05) is 17.0 Å². The molecule has 1 aliphatic heterocycles. The van der Waals surface area contributed by atoms with Crippen LogP contribution in [0.25, 0.3) is 10.8 Å². The molecule has 0 aliphatic carbocycles. The smallest absolute Gasteiger partial charge is 0.275 e. The predicted molar refractivity (Wildman–Crippen MR) is 90.6 cm³/mol. The molecule has 2 amide bonds. The minimum Gasteiger partial charge on any atom is -0.275 e. The van der Waals surface area contributed by atoms with Crippen LogP contribution in [0.2, 0.25) is 0 Å². The second kappa shape index (κ2) is 5.83. The Bertz CT molecular complexity index is 993. The van der Waals surface area contributed by atoms with Crippen molar-refractivity contribution in [3.8, 4) is 6.07 Å². The number of amides is 2. The van der Waals surface area contributed by atoms with E-state index >= 15 is 0 Å². The number of pyridine rings is 2. The lowest BCUT2D eigenvalue weighted by Gasteiger charge is -2.20. The molecule has 3 aromatic rings. The van der Waals surface area contributed by atoms with Crippen LogP contribution < -0.4 is 9.80 Å². The number of benzene rings is 1. The quantitative estimate of drug-likeness (QED) is 0.722. The summed E-state index contributed by atoms with van der Waals surface area (Å²) in [6.45, 7) is 0.150. The van der Waals surface area contributed by atoms with Crippen LogP contribution in [0.4, 0.5) is 20.7 Å². The van der Waals surface area contributed by atoms with Crippen molar-refractivity contribution in [1.29, 1.82) is 5.26 Å². The molecule has 4 rings (SSSR count). The van der Waals surface area contributed by atoms with Crippen LogP contribution in [0, 0.1) is 17.1 Å². The van der Waals surface area contributed by atoms with Crippen LogP contribution in [0.15, 0.2) is 55.0 Å². The van der Waals surface area contributed by atoms with E-state index in [0.717, 1.165) is 17.0 Å². The van der Waals surface area contributed by atoms with Gasteiger partial charge >= 0.3 is 6.03 Å². The Hall–Kier alpha value is -3.53. The number of carbonyl (C=O) groups excluding carboxylic acids is 1. The Kier molecular flexibility index (Phi) is 3.51. The second-order valence-corrected chi connectivity index (χ2v) is 5.62. The standard InChI is InChI=1S/C18H12FN5O/c19-13-5-6-17(22-9-13)23-11-14(7-20)24(18(23)25)16-10-21-8-12-3-1-2-4-15(12)16/h1-6,8-10,14H,11H2/t14-/m1/s1. The molecule has 1 aromatic carbocycles. The van der Waals surface area contributed by atoms with Gasteiger partial charge in [0.05, 0.1) is 30.7 Å². The minimum absolute atomic E-state index is 0.150. The third-order valence-corrected chi connectivity index (χ3v) is 4.15. The number of fused-ring (bicyclic) bond motifs is 1. The summed E-state index contributed by atoms with van der Waals surface area (Å²) in [7, 11) is 0. The zero-order valence-corrected chi connectivity index (χ0v) is 13.0. The molecule has 0 saturated carbocycles. The average molecular weight is 333 g/mol. The fraction of sp³-hybridized carbons (Fsp3) is 0.111. The SMILES string of the molecule is N#C[C@@H]1CN(c2ccc(F)cn2)C(=O)N1c1cncc2ccccc12. The van der Waals surface area contributed by atoms with Crippen molar-refractivity contribution in [3.05, 3.63) is 60.8 Å². The van der Waals surface area contributed by atoms with Crippen molar-refractivity contribution in [3.63, 3.8) is 0 Å². The van der Waals surface area contributed by atoms with Gasteiger partial charge in [-0.15, -0.1) is 0 Å². The van der Waals surface area contributed by atoms with Gasteiger partial charge in [-0.2, -0.15) is 5.26 Å². The summed E-state index contributed by atoms with van der Waals surface area (Å²) in [4.78, 5) is 23.9. The summed E-state index contributed by atoms with van der Waals surface area (Å²) in [6.07, 6.45) is 4.33. The highest BCUT2D eigenvalue weighted by Crippen LogP contribution is 2.32. The molecule has 0 N–H and O–H groups in total. The zero-order valence-electron chi connectivity index (χ0n) is 13.0. The maximum absolute atomic E-state index is 13.1. The lowest BCUT2D eigenvalue weighted by Crippen LogP contribution is -2.34. The van der Waals surface area contributed by atoms with Crippen LogP contribution in [0.5, 0.6) is 0 Å². The summed E-state index contributed by atoms with van der Waals surface area (Å²) in [5.41, 5.74) is 0.569. The van der Waals surface area contributed by atoms with Gasteiger partial charge in [0.25, 0.3) is 0 Å². The molecule has 6 nitrogen and oxygen atoms in total. The van der Waals surface area contributed by atoms with Crippen molar-refractivity contribution in [2.45, 2.75) is 6.04 Å². The number of anilines is 2. The number of nitriles is 1. The highest BCUT2D eigenvalue weighted by atomic mass is 19.1. The Balaban J connectivity index is 1.80. The van der Waals surface area contributed by atoms with E-state index in [1.165, 1.54) is 21.9 Å². The Labute approximate surface area is 142 Å². The van der Waals surface area contributed by atoms with Crippen molar-refractivity contribution in [1.82, 2.24) is 9.97 Å². The summed E-state index contributed by atoms with van der Waals surface area (Å²) in [6, 6.07) is 11.3. The molecule has 0 unspecified atom stereocenters.